The van der Waals surface area contributed by atoms with Gasteiger partial charge in [-0.3, -0.25) is 0 Å². The van der Waals surface area contributed by atoms with Gasteiger partial charge in [-0.1, -0.05) is 50.1 Å². The Morgan fingerprint density at radius 2 is 1.82 bits per heavy atom. The Morgan fingerprint density at radius 3 is 2.43 bits per heavy atom. The van der Waals surface area contributed by atoms with Crippen LogP contribution in [-0.4, -0.2) is 41.7 Å². The van der Waals surface area contributed by atoms with Crippen molar-refractivity contribution in [1.82, 2.24) is 4.90 Å². The molecule has 3 fully saturated rings. The maximum absolute atomic E-state index is 13.2. The van der Waals surface area contributed by atoms with E-state index in [0.717, 1.165) is 38.5 Å². The molecule has 0 amide bonds. The zero-order valence-electron chi connectivity index (χ0n) is 17.2. The summed E-state index contributed by atoms with van der Waals surface area (Å²) in [6.07, 6.45) is 9.49. The first-order chi connectivity index (χ1) is 13.6. The van der Waals surface area contributed by atoms with Gasteiger partial charge in [-0.05, 0) is 75.6 Å². The number of nitrogens with zero attached hydrogens (tertiary/aromatic N) is 1. The molecule has 4 nitrogen and oxygen atoms in total. The van der Waals surface area contributed by atoms with Gasteiger partial charge < -0.3 is 14.7 Å². The van der Waals surface area contributed by atoms with Crippen LogP contribution in [0.3, 0.4) is 0 Å². The van der Waals surface area contributed by atoms with Crippen LogP contribution in [0.2, 0.25) is 0 Å². The van der Waals surface area contributed by atoms with E-state index in [2.05, 4.69) is 11.8 Å². The fourth-order valence-electron chi connectivity index (χ4n) is 5.76. The molecule has 3 aliphatic rings. The van der Waals surface area contributed by atoms with E-state index in [1.165, 1.54) is 38.9 Å². The van der Waals surface area contributed by atoms with Crippen molar-refractivity contribution in [2.24, 2.45) is 11.3 Å². The summed E-state index contributed by atoms with van der Waals surface area (Å²) in [4.78, 5) is 15.7. The summed E-state index contributed by atoms with van der Waals surface area (Å²) in [6, 6.07) is 9.44. The number of benzene rings is 1. The minimum Gasteiger partial charge on any atom is -0.460 e. The number of carbonyl (C=O) groups is 1. The molecular formula is C24H35NO3. The van der Waals surface area contributed by atoms with Crippen molar-refractivity contribution in [3.05, 3.63) is 35.9 Å². The maximum atomic E-state index is 13.2. The third-order valence-electron chi connectivity index (χ3n) is 7.52. The molecule has 0 radical (unpaired) electrons. The van der Waals surface area contributed by atoms with Gasteiger partial charge >= 0.3 is 5.97 Å². The average molecular weight is 386 g/mol. The minimum atomic E-state index is -1.50. The molecule has 4 rings (SSSR count). The number of hydrogen-bond acceptors (Lipinski definition) is 4. The van der Waals surface area contributed by atoms with E-state index in [1.54, 1.807) is 0 Å². The van der Waals surface area contributed by atoms with Gasteiger partial charge in [0.2, 0.25) is 0 Å². The molecule has 28 heavy (non-hydrogen) atoms. The second-order valence-electron chi connectivity index (χ2n) is 9.39. The largest absolute Gasteiger partial charge is 0.460 e. The summed E-state index contributed by atoms with van der Waals surface area (Å²) in [7, 11) is 0. The van der Waals surface area contributed by atoms with Crippen LogP contribution in [0.15, 0.2) is 30.3 Å². The molecule has 2 aliphatic carbocycles. The van der Waals surface area contributed by atoms with Crippen molar-refractivity contribution in [1.29, 1.82) is 0 Å². The quantitative estimate of drug-likeness (QED) is 0.743. The van der Waals surface area contributed by atoms with Crippen molar-refractivity contribution in [3.63, 3.8) is 0 Å². The zero-order chi connectivity index (χ0) is 19.6. The average Bonchev–Trinajstić information content (AvgIpc) is 3.24. The molecule has 2 saturated carbocycles. The Balaban J connectivity index is 1.38. The second kappa shape index (κ2) is 8.16. The number of aliphatic hydroxyl groups is 1. The highest BCUT2D eigenvalue weighted by Gasteiger charge is 2.52. The molecule has 1 heterocycles. The number of likely N-dealkylation sites (tertiary alicyclic amines) is 1. The van der Waals surface area contributed by atoms with Crippen LogP contribution in [0.4, 0.5) is 0 Å². The summed E-state index contributed by atoms with van der Waals surface area (Å²) in [5, 5.41) is 11.5. The van der Waals surface area contributed by atoms with E-state index in [-0.39, 0.29) is 12.0 Å². The topological polar surface area (TPSA) is 49.8 Å². The van der Waals surface area contributed by atoms with E-state index in [0.29, 0.717) is 11.0 Å². The molecule has 1 saturated heterocycles. The number of piperidine rings is 1. The van der Waals surface area contributed by atoms with Crippen molar-refractivity contribution in [2.75, 3.05) is 19.6 Å². The van der Waals surface area contributed by atoms with Gasteiger partial charge in [0.15, 0.2) is 5.60 Å². The second-order valence-corrected chi connectivity index (χ2v) is 9.39. The molecule has 4 heteroatoms. The molecular weight excluding hydrogens is 350 g/mol. The summed E-state index contributed by atoms with van der Waals surface area (Å²) in [6.45, 7) is 5.77. The van der Waals surface area contributed by atoms with Crippen LogP contribution in [0.25, 0.3) is 0 Å². The Kier molecular flexibility index (Phi) is 5.80. The molecule has 1 aromatic carbocycles. The van der Waals surface area contributed by atoms with E-state index in [9.17, 15) is 9.90 Å². The predicted molar refractivity (Wildman–Crippen MR) is 110 cm³/mol. The molecule has 154 valence electrons. The van der Waals surface area contributed by atoms with Gasteiger partial charge in [-0.15, -0.1) is 0 Å². The van der Waals surface area contributed by atoms with Gasteiger partial charge in [0.1, 0.15) is 6.10 Å². The third-order valence-corrected chi connectivity index (χ3v) is 7.52. The number of rotatable bonds is 6. The third kappa shape index (κ3) is 3.73. The normalized spacial score (nSPS) is 25.4. The van der Waals surface area contributed by atoms with Crippen LogP contribution in [0.1, 0.15) is 70.3 Å². The first-order valence-corrected chi connectivity index (χ1v) is 11.3. The van der Waals surface area contributed by atoms with Crippen LogP contribution in [0.5, 0.6) is 0 Å². The van der Waals surface area contributed by atoms with Crippen molar-refractivity contribution >= 4 is 5.97 Å². The first-order valence-electron chi connectivity index (χ1n) is 11.3. The SMILES string of the molecule is CCCN1CCC2(CC1)CC(OC(=O)C(O)(c1ccccc1)C1CCCC1)C2. The lowest BCUT2D eigenvalue weighted by molar-refractivity contribution is -0.192. The molecule has 1 unspecified atom stereocenters. The maximum Gasteiger partial charge on any atom is 0.343 e. The summed E-state index contributed by atoms with van der Waals surface area (Å²) in [5.41, 5.74) is -0.438. The first kappa shape index (κ1) is 19.9. The molecule has 0 aromatic heterocycles. The monoisotopic (exact) mass is 385 g/mol. The highest BCUT2D eigenvalue weighted by Crippen LogP contribution is 2.51. The predicted octanol–water partition coefficient (Wildman–Crippen LogP) is 4.26. The van der Waals surface area contributed by atoms with Crippen molar-refractivity contribution < 1.29 is 14.6 Å². The van der Waals surface area contributed by atoms with Gasteiger partial charge in [0.05, 0.1) is 0 Å². The van der Waals surface area contributed by atoms with E-state index >= 15 is 0 Å². The van der Waals surface area contributed by atoms with Crippen molar-refractivity contribution in [3.8, 4) is 0 Å². The van der Waals surface area contributed by atoms with E-state index < -0.39 is 11.6 Å². The number of ether oxygens (including phenoxy) is 1. The highest BCUT2D eigenvalue weighted by atomic mass is 16.6. The van der Waals surface area contributed by atoms with Crippen LogP contribution < -0.4 is 0 Å². The Labute approximate surface area is 169 Å². The van der Waals surface area contributed by atoms with Gasteiger partial charge in [0, 0.05) is 5.92 Å². The summed E-state index contributed by atoms with van der Waals surface area (Å²) < 4.78 is 5.92. The highest BCUT2D eigenvalue weighted by molar-refractivity contribution is 5.82. The lowest BCUT2D eigenvalue weighted by Crippen LogP contribution is -2.52. The minimum absolute atomic E-state index is 0.0261. The fourth-order valence-corrected chi connectivity index (χ4v) is 5.76. The summed E-state index contributed by atoms with van der Waals surface area (Å²) >= 11 is 0. The lowest BCUT2D eigenvalue weighted by Gasteiger charge is -2.52. The molecule has 1 atom stereocenters. The van der Waals surface area contributed by atoms with Gasteiger partial charge in [0.25, 0.3) is 0 Å². The number of hydrogen-bond donors (Lipinski definition) is 1. The van der Waals surface area contributed by atoms with Crippen LogP contribution in [0, 0.1) is 11.3 Å². The van der Waals surface area contributed by atoms with E-state index in [1.807, 2.05) is 30.3 Å². The number of esters is 1. The summed E-state index contributed by atoms with van der Waals surface area (Å²) in [5.74, 6) is -0.456. The molecule has 1 spiro atoms. The molecule has 1 N–H and O–H groups in total. The fraction of sp³-hybridized carbons (Fsp3) is 0.708. The van der Waals surface area contributed by atoms with Crippen LogP contribution >= 0.6 is 0 Å². The van der Waals surface area contributed by atoms with Gasteiger partial charge in [-0.2, -0.15) is 0 Å². The molecule has 1 aliphatic heterocycles. The molecule has 0 bridgehead atoms. The Bertz CT molecular complexity index is 654. The smallest absolute Gasteiger partial charge is 0.343 e. The Hall–Kier alpha value is -1.39. The van der Waals surface area contributed by atoms with E-state index in [4.69, 9.17) is 4.74 Å². The van der Waals surface area contributed by atoms with Gasteiger partial charge in [-0.25, -0.2) is 4.79 Å². The lowest BCUT2D eigenvalue weighted by atomic mass is 9.61. The standard InChI is InChI=1S/C24H35NO3/c1-2-14-25-15-12-23(13-16-25)17-21(18-23)28-22(26)24(27,20-10-6-7-11-20)19-8-4-3-5-9-19/h3-5,8-9,20-21,27H,2,6-7,10-18H2,1H3. The Morgan fingerprint density at radius 1 is 1.18 bits per heavy atom. The number of carbonyl (C=O) groups excluding carboxylic acids is 1. The molecule has 1 aromatic rings. The van der Waals surface area contributed by atoms with Crippen LogP contribution in [-0.2, 0) is 15.1 Å². The zero-order valence-corrected chi connectivity index (χ0v) is 17.2. The van der Waals surface area contributed by atoms with Crippen molar-refractivity contribution in [2.45, 2.75) is 76.4 Å².